The fourth-order valence-corrected chi connectivity index (χ4v) is 7.40. The van der Waals surface area contributed by atoms with E-state index in [2.05, 4.69) is 205 Å². The SMILES string of the molecule is c1ccc(-c2cccc(-c3c4ccccc4c(-c4ccccc4)c4cc(-n5c(-c6ccccc6)ccc5-c5ccccc5)ccc34)c2)cc1. The van der Waals surface area contributed by atoms with Crippen LogP contribution in [0.25, 0.3) is 83.1 Å². The maximum atomic E-state index is 2.42. The van der Waals surface area contributed by atoms with E-state index in [1.165, 1.54) is 66.1 Å². The molecular weight excluding hydrogens is 591 g/mol. The molecule has 1 aromatic heterocycles. The van der Waals surface area contributed by atoms with Gasteiger partial charge in [-0.1, -0.05) is 170 Å². The molecule has 0 N–H and O–H groups in total. The molecule has 0 radical (unpaired) electrons. The van der Waals surface area contributed by atoms with Crippen molar-refractivity contribution in [2.24, 2.45) is 0 Å². The number of hydrogen-bond donors (Lipinski definition) is 0. The number of hydrogen-bond acceptors (Lipinski definition) is 0. The topological polar surface area (TPSA) is 4.93 Å². The van der Waals surface area contributed by atoms with Gasteiger partial charge in [-0.3, -0.25) is 0 Å². The highest BCUT2D eigenvalue weighted by atomic mass is 15.0. The molecule has 1 heterocycles. The molecule has 0 unspecified atom stereocenters. The number of rotatable bonds is 6. The third-order valence-electron chi connectivity index (χ3n) is 9.61. The molecule has 0 atom stereocenters. The van der Waals surface area contributed by atoms with Crippen molar-refractivity contribution in [3.63, 3.8) is 0 Å². The van der Waals surface area contributed by atoms with Crippen LogP contribution in [0, 0.1) is 0 Å². The molecule has 230 valence electrons. The quantitative estimate of drug-likeness (QED) is 0.162. The molecule has 1 nitrogen and oxygen atoms in total. The van der Waals surface area contributed by atoms with Crippen LogP contribution in [0.2, 0.25) is 0 Å². The molecule has 0 fully saturated rings. The van der Waals surface area contributed by atoms with Gasteiger partial charge in [-0.05, 0) is 96.4 Å². The van der Waals surface area contributed by atoms with E-state index in [1.807, 2.05) is 0 Å². The lowest BCUT2D eigenvalue weighted by atomic mass is 9.85. The monoisotopic (exact) mass is 623 g/mol. The van der Waals surface area contributed by atoms with Gasteiger partial charge in [-0.15, -0.1) is 0 Å². The summed E-state index contributed by atoms with van der Waals surface area (Å²) >= 11 is 0. The van der Waals surface area contributed by atoms with Gasteiger partial charge in [0.2, 0.25) is 0 Å². The predicted octanol–water partition coefficient (Wildman–Crippen LogP) is 13.1. The molecule has 0 aliphatic heterocycles. The van der Waals surface area contributed by atoms with Gasteiger partial charge >= 0.3 is 0 Å². The Kier molecular flexibility index (Phi) is 7.22. The lowest BCUT2D eigenvalue weighted by molar-refractivity contribution is 1.10. The van der Waals surface area contributed by atoms with E-state index in [-0.39, 0.29) is 0 Å². The molecule has 8 aromatic carbocycles. The average molecular weight is 624 g/mol. The summed E-state index contributed by atoms with van der Waals surface area (Å²) < 4.78 is 2.42. The lowest BCUT2D eigenvalue weighted by Gasteiger charge is -2.20. The summed E-state index contributed by atoms with van der Waals surface area (Å²) in [6.45, 7) is 0. The third-order valence-corrected chi connectivity index (χ3v) is 9.61. The molecule has 49 heavy (non-hydrogen) atoms. The minimum Gasteiger partial charge on any atom is -0.309 e. The molecule has 9 rings (SSSR count). The van der Waals surface area contributed by atoms with Crippen LogP contribution >= 0.6 is 0 Å². The minimum absolute atomic E-state index is 1.13. The number of benzene rings is 8. The van der Waals surface area contributed by atoms with E-state index in [4.69, 9.17) is 0 Å². The van der Waals surface area contributed by atoms with Crippen molar-refractivity contribution >= 4 is 21.5 Å². The third kappa shape index (κ3) is 5.13. The summed E-state index contributed by atoms with van der Waals surface area (Å²) in [6.07, 6.45) is 0. The summed E-state index contributed by atoms with van der Waals surface area (Å²) in [6, 6.07) is 72.4. The largest absolute Gasteiger partial charge is 0.309 e. The van der Waals surface area contributed by atoms with Crippen LogP contribution < -0.4 is 0 Å². The molecule has 0 aliphatic carbocycles. The fourth-order valence-electron chi connectivity index (χ4n) is 7.40. The van der Waals surface area contributed by atoms with Crippen molar-refractivity contribution in [1.82, 2.24) is 4.57 Å². The first-order valence-electron chi connectivity index (χ1n) is 16.9. The summed E-state index contributed by atoms with van der Waals surface area (Å²) in [7, 11) is 0. The van der Waals surface area contributed by atoms with Crippen molar-refractivity contribution in [3.05, 3.63) is 200 Å². The second-order valence-electron chi connectivity index (χ2n) is 12.5. The number of nitrogens with zero attached hydrogens (tertiary/aromatic N) is 1. The first-order valence-corrected chi connectivity index (χ1v) is 16.9. The van der Waals surface area contributed by atoms with E-state index < -0.39 is 0 Å². The molecule has 0 bridgehead atoms. The summed E-state index contributed by atoms with van der Waals surface area (Å²) in [4.78, 5) is 0. The van der Waals surface area contributed by atoms with Crippen molar-refractivity contribution in [1.29, 1.82) is 0 Å². The molecule has 0 spiro atoms. The van der Waals surface area contributed by atoms with Gasteiger partial charge in [0.1, 0.15) is 0 Å². The highest BCUT2D eigenvalue weighted by Crippen LogP contribution is 2.45. The van der Waals surface area contributed by atoms with Crippen LogP contribution in [-0.4, -0.2) is 4.57 Å². The fraction of sp³-hybridized carbons (Fsp3) is 0. The van der Waals surface area contributed by atoms with E-state index in [1.54, 1.807) is 0 Å². The van der Waals surface area contributed by atoms with Crippen molar-refractivity contribution in [2.45, 2.75) is 0 Å². The Morgan fingerprint density at radius 3 is 1.24 bits per heavy atom. The zero-order chi connectivity index (χ0) is 32.6. The first kappa shape index (κ1) is 28.8. The highest BCUT2D eigenvalue weighted by Gasteiger charge is 2.20. The highest BCUT2D eigenvalue weighted by molar-refractivity contribution is 6.21. The molecule has 9 aromatic rings. The summed E-state index contributed by atoms with van der Waals surface area (Å²) in [5.74, 6) is 0. The molecule has 0 aliphatic rings. The van der Waals surface area contributed by atoms with Crippen LogP contribution in [0.5, 0.6) is 0 Å². The molecule has 0 amide bonds. The van der Waals surface area contributed by atoms with E-state index >= 15 is 0 Å². The van der Waals surface area contributed by atoms with Crippen LogP contribution in [0.3, 0.4) is 0 Å². The van der Waals surface area contributed by atoms with E-state index in [9.17, 15) is 0 Å². The lowest BCUT2D eigenvalue weighted by Crippen LogP contribution is -2.00. The van der Waals surface area contributed by atoms with Crippen LogP contribution in [0.4, 0.5) is 0 Å². The first-order chi connectivity index (χ1) is 24.3. The number of aromatic nitrogens is 1. The Balaban J connectivity index is 1.37. The van der Waals surface area contributed by atoms with Crippen LogP contribution in [-0.2, 0) is 0 Å². The molecule has 1 heteroatoms. The second kappa shape index (κ2) is 12.3. The van der Waals surface area contributed by atoms with Crippen molar-refractivity contribution in [2.75, 3.05) is 0 Å². The van der Waals surface area contributed by atoms with Crippen molar-refractivity contribution in [3.8, 4) is 61.6 Å². The van der Waals surface area contributed by atoms with Crippen molar-refractivity contribution < 1.29 is 0 Å². The van der Waals surface area contributed by atoms with Gasteiger partial charge < -0.3 is 4.57 Å². The zero-order valence-corrected chi connectivity index (χ0v) is 27.0. The minimum atomic E-state index is 1.13. The van der Waals surface area contributed by atoms with Crippen LogP contribution in [0.15, 0.2) is 200 Å². The zero-order valence-electron chi connectivity index (χ0n) is 27.0. The maximum absolute atomic E-state index is 2.42. The van der Waals surface area contributed by atoms with E-state index in [0.29, 0.717) is 0 Å². The van der Waals surface area contributed by atoms with Gasteiger partial charge in [0.25, 0.3) is 0 Å². The Hall–Kier alpha value is -6.44. The Labute approximate surface area is 287 Å². The summed E-state index contributed by atoms with van der Waals surface area (Å²) in [5, 5.41) is 4.97. The predicted molar refractivity (Wildman–Crippen MR) is 208 cm³/mol. The Morgan fingerprint density at radius 2 is 0.673 bits per heavy atom. The number of fused-ring (bicyclic) bond motifs is 2. The standard InChI is InChI=1S/C48H33N/c1-5-16-34(17-6-1)38-24-15-25-39(32-38)48-42-27-14-13-26-41(42)47(37-22-11-4-12-23-37)44-33-40(28-29-43(44)48)49-45(35-18-7-2-8-19-35)30-31-46(49)36-20-9-3-10-21-36/h1-33H. The van der Waals surface area contributed by atoms with E-state index in [0.717, 1.165) is 17.1 Å². The smallest absolute Gasteiger partial charge is 0.0535 e. The molecular formula is C48H33N. The molecule has 0 saturated heterocycles. The van der Waals surface area contributed by atoms with Gasteiger partial charge in [-0.25, -0.2) is 0 Å². The van der Waals surface area contributed by atoms with Gasteiger partial charge in [0.15, 0.2) is 0 Å². The Bertz CT molecular complexity index is 2510. The summed E-state index contributed by atoms with van der Waals surface area (Å²) in [5.41, 5.74) is 13.2. The van der Waals surface area contributed by atoms with Gasteiger partial charge in [-0.2, -0.15) is 0 Å². The van der Waals surface area contributed by atoms with Gasteiger partial charge in [0, 0.05) is 5.69 Å². The maximum Gasteiger partial charge on any atom is 0.0535 e. The Morgan fingerprint density at radius 1 is 0.245 bits per heavy atom. The van der Waals surface area contributed by atoms with Gasteiger partial charge in [0.05, 0.1) is 11.4 Å². The molecule has 0 saturated carbocycles. The normalized spacial score (nSPS) is 11.3. The second-order valence-corrected chi connectivity index (χ2v) is 12.5. The average Bonchev–Trinajstić information content (AvgIpc) is 3.64. The van der Waals surface area contributed by atoms with Crippen LogP contribution in [0.1, 0.15) is 0 Å².